The van der Waals surface area contributed by atoms with Crippen LogP contribution in [0.25, 0.3) is 0 Å². The highest BCUT2D eigenvalue weighted by molar-refractivity contribution is 5.99. The molecule has 1 aliphatic heterocycles. The molecule has 0 radical (unpaired) electrons. The Morgan fingerprint density at radius 1 is 0.846 bits per heavy atom. The molecule has 0 fully saturated rings. The Hall–Kier alpha value is -2.98. The van der Waals surface area contributed by atoms with Crippen LogP contribution < -0.4 is 0 Å². The number of amides is 1. The molecule has 1 aliphatic rings. The van der Waals surface area contributed by atoms with Gasteiger partial charge >= 0.3 is 0 Å². The van der Waals surface area contributed by atoms with Crippen molar-refractivity contribution in [3.63, 3.8) is 0 Å². The molecular weight excluding hydrogens is 329 g/mol. The van der Waals surface area contributed by atoms with Crippen molar-refractivity contribution in [2.75, 3.05) is 0 Å². The molecule has 0 unspecified atom stereocenters. The van der Waals surface area contributed by atoms with Crippen molar-refractivity contribution in [3.8, 4) is 0 Å². The van der Waals surface area contributed by atoms with Crippen LogP contribution in [0.15, 0.2) is 78.9 Å². The zero-order valence-corrected chi connectivity index (χ0v) is 14.1. The van der Waals surface area contributed by atoms with Crippen LogP contribution in [0.5, 0.6) is 0 Å². The van der Waals surface area contributed by atoms with E-state index in [2.05, 4.69) is 0 Å². The van der Waals surface area contributed by atoms with Gasteiger partial charge in [0.05, 0.1) is 0 Å². The third-order valence-corrected chi connectivity index (χ3v) is 4.83. The fourth-order valence-electron chi connectivity index (χ4n) is 3.52. The maximum Gasteiger partial charge on any atom is 0.257 e. The van der Waals surface area contributed by atoms with E-state index in [1.165, 1.54) is 17.0 Å². The number of hydrogen-bond donors (Lipinski definition) is 1. The molecule has 0 aliphatic carbocycles. The summed E-state index contributed by atoms with van der Waals surface area (Å²) in [5.41, 5.74) is 1.37. The smallest absolute Gasteiger partial charge is 0.257 e. The molecule has 0 spiro atoms. The van der Waals surface area contributed by atoms with Crippen molar-refractivity contribution in [3.05, 3.63) is 107 Å². The van der Waals surface area contributed by atoms with E-state index >= 15 is 0 Å². The lowest BCUT2D eigenvalue weighted by Gasteiger charge is -2.34. The fourth-order valence-corrected chi connectivity index (χ4v) is 3.52. The molecule has 1 atom stereocenters. The zero-order valence-electron chi connectivity index (χ0n) is 14.1. The molecule has 130 valence electrons. The third kappa shape index (κ3) is 2.78. The predicted octanol–water partition coefficient (Wildman–Crippen LogP) is 3.87. The number of benzene rings is 3. The van der Waals surface area contributed by atoms with Crippen LogP contribution in [0.1, 0.15) is 27.0 Å². The van der Waals surface area contributed by atoms with Gasteiger partial charge in [-0.2, -0.15) is 0 Å². The van der Waals surface area contributed by atoms with Gasteiger partial charge in [0.1, 0.15) is 5.82 Å². The van der Waals surface area contributed by atoms with Crippen LogP contribution in [0, 0.1) is 5.82 Å². The van der Waals surface area contributed by atoms with Crippen molar-refractivity contribution in [2.45, 2.75) is 18.7 Å². The highest BCUT2D eigenvalue weighted by atomic mass is 19.1. The number of carbonyl (C=O) groups excluding carboxylic acids is 1. The molecule has 0 saturated carbocycles. The third-order valence-electron chi connectivity index (χ3n) is 4.83. The highest BCUT2D eigenvalue weighted by Gasteiger charge is 2.48. The lowest BCUT2D eigenvalue weighted by atomic mass is 9.94. The average Bonchev–Trinajstić information content (AvgIpc) is 2.86. The van der Waals surface area contributed by atoms with Gasteiger partial charge in [0.2, 0.25) is 0 Å². The highest BCUT2D eigenvalue weighted by Crippen LogP contribution is 2.40. The Kier molecular flexibility index (Phi) is 4.05. The molecule has 3 aromatic rings. The van der Waals surface area contributed by atoms with E-state index in [4.69, 9.17) is 0 Å². The molecule has 1 N–H and O–H groups in total. The second kappa shape index (κ2) is 6.39. The van der Waals surface area contributed by atoms with Gasteiger partial charge in [0.15, 0.2) is 5.72 Å². The molecule has 1 heterocycles. The number of aliphatic hydroxyl groups is 1. The van der Waals surface area contributed by atoms with Gasteiger partial charge in [0, 0.05) is 24.1 Å². The Balaban J connectivity index is 1.75. The van der Waals surface area contributed by atoms with E-state index in [0.29, 0.717) is 11.1 Å². The van der Waals surface area contributed by atoms with Crippen molar-refractivity contribution in [1.29, 1.82) is 0 Å². The van der Waals surface area contributed by atoms with Crippen LogP contribution >= 0.6 is 0 Å². The number of fused-ring (bicyclic) bond motifs is 1. The van der Waals surface area contributed by atoms with Crippen LogP contribution in [0.2, 0.25) is 0 Å². The maximum absolute atomic E-state index is 13.2. The van der Waals surface area contributed by atoms with Crippen LogP contribution in [-0.2, 0) is 18.7 Å². The van der Waals surface area contributed by atoms with Crippen molar-refractivity contribution in [1.82, 2.24) is 4.90 Å². The second-order valence-corrected chi connectivity index (χ2v) is 6.54. The summed E-state index contributed by atoms with van der Waals surface area (Å²) in [5, 5.41) is 11.6. The minimum Gasteiger partial charge on any atom is -0.366 e. The van der Waals surface area contributed by atoms with E-state index in [0.717, 1.165) is 11.1 Å². The molecule has 26 heavy (non-hydrogen) atoms. The Labute approximate surface area is 151 Å². The fraction of sp³-hybridized carbons (Fsp3) is 0.136. The first-order valence-electron chi connectivity index (χ1n) is 8.50. The molecule has 0 bridgehead atoms. The summed E-state index contributed by atoms with van der Waals surface area (Å²) in [6, 6.07) is 22.7. The first-order chi connectivity index (χ1) is 12.6. The van der Waals surface area contributed by atoms with E-state index in [9.17, 15) is 14.3 Å². The van der Waals surface area contributed by atoms with Gasteiger partial charge in [-0.25, -0.2) is 4.39 Å². The summed E-state index contributed by atoms with van der Waals surface area (Å²) in [6.45, 7) is 0.205. The number of carbonyl (C=O) groups is 1. The van der Waals surface area contributed by atoms with Gasteiger partial charge in [0.25, 0.3) is 5.91 Å². The lowest BCUT2D eigenvalue weighted by Crippen LogP contribution is -2.45. The van der Waals surface area contributed by atoms with Gasteiger partial charge < -0.3 is 10.0 Å². The summed E-state index contributed by atoms with van der Waals surface area (Å²) in [4.78, 5) is 14.4. The molecule has 3 aromatic carbocycles. The predicted molar refractivity (Wildman–Crippen MR) is 96.8 cm³/mol. The number of nitrogens with zero attached hydrogens (tertiary/aromatic N) is 1. The normalized spacial score (nSPS) is 18.8. The zero-order chi connectivity index (χ0) is 18.1. The first kappa shape index (κ1) is 16.5. The van der Waals surface area contributed by atoms with E-state index < -0.39 is 5.72 Å². The van der Waals surface area contributed by atoms with Crippen molar-refractivity contribution >= 4 is 5.91 Å². The van der Waals surface area contributed by atoms with E-state index in [1.54, 1.807) is 30.3 Å². The molecule has 0 aromatic heterocycles. The molecule has 4 heteroatoms. The van der Waals surface area contributed by atoms with Gasteiger partial charge in [-0.3, -0.25) is 4.79 Å². The molecule has 0 saturated heterocycles. The topological polar surface area (TPSA) is 40.5 Å². The van der Waals surface area contributed by atoms with Crippen molar-refractivity contribution < 1.29 is 14.3 Å². The quantitative estimate of drug-likeness (QED) is 0.778. The Bertz CT molecular complexity index is 940. The SMILES string of the molecule is O=C1c2ccccc2[C@](O)(Cc2ccccc2)N1Cc1ccc(F)cc1. The summed E-state index contributed by atoms with van der Waals surface area (Å²) >= 11 is 0. The summed E-state index contributed by atoms with van der Waals surface area (Å²) in [7, 11) is 0. The Morgan fingerprint density at radius 2 is 1.50 bits per heavy atom. The summed E-state index contributed by atoms with van der Waals surface area (Å²) in [6.07, 6.45) is 0.289. The first-order valence-corrected chi connectivity index (χ1v) is 8.50. The molecule has 1 amide bonds. The number of halogens is 1. The minimum absolute atomic E-state index is 0.205. The van der Waals surface area contributed by atoms with Gasteiger partial charge in [-0.05, 0) is 29.3 Å². The van der Waals surface area contributed by atoms with Gasteiger partial charge in [-0.15, -0.1) is 0 Å². The monoisotopic (exact) mass is 347 g/mol. The van der Waals surface area contributed by atoms with Crippen LogP contribution in [0.3, 0.4) is 0 Å². The Morgan fingerprint density at radius 3 is 2.23 bits per heavy atom. The summed E-state index contributed by atoms with van der Waals surface area (Å²) in [5.74, 6) is -0.548. The van der Waals surface area contributed by atoms with E-state index in [-0.39, 0.29) is 24.7 Å². The second-order valence-electron chi connectivity index (χ2n) is 6.54. The lowest BCUT2D eigenvalue weighted by molar-refractivity contribution is -0.0878. The van der Waals surface area contributed by atoms with Crippen molar-refractivity contribution in [2.24, 2.45) is 0 Å². The maximum atomic E-state index is 13.2. The average molecular weight is 347 g/mol. The van der Waals surface area contributed by atoms with Gasteiger partial charge in [-0.1, -0.05) is 60.7 Å². The molecular formula is C22H18FNO2. The van der Waals surface area contributed by atoms with E-state index in [1.807, 2.05) is 36.4 Å². The largest absolute Gasteiger partial charge is 0.366 e. The van der Waals surface area contributed by atoms with Crippen LogP contribution in [0.4, 0.5) is 4.39 Å². The molecule has 4 rings (SSSR count). The number of hydrogen-bond acceptors (Lipinski definition) is 2. The van der Waals surface area contributed by atoms with Crippen LogP contribution in [-0.4, -0.2) is 15.9 Å². The summed E-state index contributed by atoms with van der Waals surface area (Å²) < 4.78 is 13.2. The number of rotatable bonds is 4. The standard InChI is InChI=1S/C22H18FNO2/c23-18-12-10-17(11-13-18)15-24-21(25)19-8-4-5-9-20(19)22(24,26)14-16-6-2-1-3-7-16/h1-13,26H,14-15H2/t22-/m1/s1. The minimum atomic E-state index is -1.44. The molecule has 3 nitrogen and oxygen atoms in total.